The smallest absolute Gasteiger partial charge is 0.255 e. The number of aliphatic hydroxyl groups excluding tert-OH is 1. The van der Waals surface area contributed by atoms with Gasteiger partial charge in [0.1, 0.15) is 30.1 Å². The van der Waals surface area contributed by atoms with Crippen LogP contribution in [0.3, 0.4) is 0 Å². The maximum Gasteiger partial charge on any atom is 0.255 e. The van der Waals surface area contributed by atoms with Gasteiger partial charge in [-0.25, -0.2) is 0 Å². The number of hydrogen-bond donors (Lipinski definition) is 4. The molecule has 0 spiro atoms. The molecule has 0 radical (unpaired) electrons. The summed E-state index contributed by atoms with van der Waals surface area (Å²) in [6, 6.07) is 18.8. The van der Waals surface area contributed by atoms with Crippen LogP contribution in [0.25, 0.3) is 0 Å². The predicted octanol–water partition coefficient (Wildman–Crippen LogP) is 4.94. The van der Waals surface area contributed by atoms with Gasteiger partial charge < -0.3 is 35.2 Å². The first-order chi connectivity index (χ1) is 29.7. The van der Waals surface area contributed by atoms with Gasteiger partial charge in [0.05, 0.1) is 16.8 Å². The van der Waals surface area contributed by atoms with E-state index in [9.17, 15) is 29.5 Å². The van der Waals surface area contributed by atoms with Gasteiger partial charge in [-0.05, 0) is 97.6 Å². The zero-order valence-corrected chi connectivity index (χ0v) is 35.9. The van der Waals surface area contributed by atoms with E-state index in [1.807, 2.05) is 24.3 Å². The fourth-order valence-corrected chi connectivity index (χ4v) is 11.2. The van der Waals surface area contributed by atoms with Crippen molar-refractivity contribution in [3.8, 4) is 11.8 Å². The van der Waals surface area contributed by atoms with Crippen molar-refractivity contribution < 1.29 is 29.0 Å². The molecular formula is C48H56N8O6. The summed E-state index contributed by atoms with van der Waals surface area (Å²) in [6.07, 6.45) is 4.92. The Morgan fingerprint density at radius 1 is 0.903 bits per heavy atom. The number of nitrogens with one attached hydrogen (secondary N) is 3. The van der Waals surface area contributed by atoms with Crippen LogP contribution in [0.2, 0.25) is 0 Å². The zero-order chi connectivity index (χ0) is 43.5. The van der Waals surface area contributed by atoms with E-state index >= 15 is 0 Å². The Hall–Kier alpha value is -5.91. The van der Waals surface area contributed by atoms with Crippen LogP contribution in [0.15, 0.2) is 66.9 Å². The van der Waals surface area contributed by atoms with E-state index in [0.717, 1.165) is 75.6 Å². The minimum absolute atomic E-state index is 0.122. The third kappa shape index (κ3) is 7.45. The summed E-state index contributed by atoms with van der Waals surface area (Å²) in [5.74, 6) is 0.208. The van der Waals surface area contributed by atoms with Crippen molar-refractivity contribution in [2.75, 3.05) is 60.9 Å². The number of rotatable bonds is 9. The van der Waals surface area contributed by atoms with Crippen LogP contribution in [0.5, 0.6) is 5.75 Å². The number of ether oxygens (including phenoxy) is 1. The van der Waals surface area contributed by atoms with E-state index in [1.54, 1.807) is 29.3 Å². The quantitative estimate of drug-likeness (QED) is 0.215. The van der Waals surface area contributed by atoms with Crippen molar-refractivity contribution in [3.63, 3.8) is 0 Å². The van der Waals surface area contributed by atoms with Gasteiger partial charge >= 0.3 is 0 Å². The van der Waals surface area contributed by atoms with Crippen LogP contribution in [-0.4, -0.2) is 103 Å². The lowest BCUT2D eigenvalue weighted by Crippen LogP contribution is -2.74. The van der Waals surface area contributed by atoms with E-state index in [4.69, 9.17) is 4.74 Å². The molecule has 14 nitrogen and oxygen atoms in total. The number of amides is 4. The maximum atomic E-state index is 13.7. The molecule has 0 bridgehead atoms. The number of carbonyl (C=O) groups is 4. The molecule has 0 aromatic heterocycles. The number of aliphatic hydroxyl groups is 1. The van der Waals surface area contributed by atoms with E-state index < -0.39 is 23.0 Å². The number of imide groups is 1. The summed E-state index contributed by atoms with van der Waals surface area (Å²) in [5.41, 5.74) is 5.11. The van der Waals surface area contributed by atoms with Gasteiger partial charge in [0.25, 0.3) is 11.8 Å². The fraction of sp³-hybridized carbons (Fsp3) is 0.479. The summed E-state index contributed by atoms with van der Waals surface area (Å²) >= 11 is 0. The summed E-state index contributed by atoms with van der Waals surface area (Å²) in [5, 5.41) is 29.2. The largest absolute Gasteiger partial charge is 0.489 e. The lowest BCUT2D eigenvalue weighted by Gasteiger charge is -2.63. The van der Waals surface area contributed by atoms with E-state index in [-0.39, 0.29) is 42.2 Å². The molecule has 6 aliphatic rings. The molecule has 3 aromatic carbocycles. The molecule has 4 fully saturated rings. The summed E-state index contributed by atoms with van der Waals surface area (Å²) in [6.45, 7) is 15.5. The normalized spacial score (nSPS) is 25.5. The number of piperidine rings is 2. The minimum Gasteiger partial charge on any atom is -0.489 e. The van der Waals surface area contributed by atoms with Gasteiger partial charge in [-0.15, -0.1) is 0 Å². The van der Waals surface area contributed by atoms with Crippen molar-refractivity contribution in [2.24, 2.45) is 16.7 Å². The van der Waals surface area contributed by atoms with Gasteiger partial charge in [-0.3, -0.25) is 29.4 Å². The highest BCUT2D eigenvalue weighted by Crippen LogP contribution is 2.56. The maximum absolute atomic E-state index is 13.7. The third-order valence-corrected chi connectivity index (χ3v) is 14.4. The Kier molecular flexibility index (Phi) is 10.8. The number of fused-ring (bicyclic) bond motifs is 2. The Bertz CT molecular complexity index is 2340. The summed E-state index contributed by atoms with van der Waals surface area (Å²) in [7, 11) is 0. The molecule has 3 saturated heterocycles. The summed E-state index contributed by atoms with van der Waals surface area (Å²) in [4.78, 5) is 59.9. The number of nitriles is 1. The summed E-state index contributed by atoms with van der Waals surface area (Å²) < 4.78 is 6.63. The highest BCUT2D eigenvalue weighted by Gasteiger charge is 2.64. The molecule has 4 N–H and O–H groups in total. The average Bonchev–Trinajstić information content (AvgIpc) is 3.59. The Balaban J connectivity index is 0.734. The highest BCUT2D eigenvalue weighted by atomic mass is 16.5. The second-order valence-corrected chi connectivity index (χ2v) is 19.0. The molecule has 2 atom stereocenters. The first kappa shape index (κ1) is 41.4. The van der Waals surface area contributed by atoms with Gasteiger partial charge in [0, 0.05) is 98.2 Å². The number of anilines is 3. The number of carbonyl (C=O) groups excluding carboxylic acids is 4. The molecular weight excluding hydrogens is 785 g/mol. The second-order valence-electron chi connectivity index (χ2n) is 19.0. The molecule has 14 heteroatoms. The highest BCUT2D eigenvalue weighted by molar-refractivity contribution is 6.05. The number of benzene rings is 3. The first-order valence-electron chi connectivity index (χ1n) is 22.0. The van der Waals surface area contributed by atoms with Crippen molar-refractivity contribution in [2.45, 2.75) is 84.2 Å². The number of nitrogens with zero attached hydrogens (tertiary/aromatic N) is 5. The van der Waals surface area contributed by atoms with Crippen molar-refractivity contribution in [1.29, 1.82) is 5.26 Å². The molecule has 3 aromatic rings. The molecule has 5 aliphatic heterocycles. The standard InChI is InChI=1S/C48H56N8O6/c1-47(2)45(48(3,4)46(47)62-38-13-7-31(26-49)41-40(38)37(57)15-18-50-41)52-42(59)30-5-8-33(9-6-30)54-19-16-29(17-20-54)27-53-21-23-55(24-22-53)34-10-11-35-32(25-34)28-56(44(35)61)36-12-14-39(58)51-43(36)60/h5-11,13,15,18,25,29,36-37,45-46,50,57H,12,14,16-17,19-24,27-28H2,1-4H3,(H,52,59)(H,51,58,60)/t36-,37?,45?,46?/m0/s1. The first-order valence-corrected chi connectivity index (χ1v) is 22.0. The zero-order valence-electron chi connectivity index (χ0n) is 35.9. The lowest BCUT2D eigenvalue weighted by molar-refractivity contribution is -0.164. The lowest BCUT2D eigenvalue weighted by atomic mass is 9.49. The Morgan fingerprint density at radius 2 is 1.60 bits per heavy atom. The molecule has 9 rings (SSSR count). The SMILES string of the molecule is CC1(C)C(NC(=O)c2ccc(N3CCC(CN4CCN(c5ccc6c(c5)CN([C@H]5CCC(=O)NC5=O)C6=O)CC4)CC3)cc2)C(C)(C)C1Oc1ccc(C#N)c2c1C(O)C=CN2. The van der Waals surface area contributed by atoms with Crippen LogP contribution in [0, 0.1) is 28.1 Å². The third-order valence-electron chi connectivity index (χ3n) is 14.4. The molecule has 1 saturated carbocycles. The number of piperazine rings is 1. The molecule has 1 unspecified atom stereocenters. The van der Waals surface area contributed by atoms with Crippen LogP contribution in [-0.2, 0) is 16.1 Å². The fourth-order valence-electron chi connectivity index (χ4n) is 11.2. The van der Waals surface area contributed by atoms with Gasteiger partial charge in [-0.2, -0.15) is 5.26 Å². The predicted molar refractivity (Wildman–Crippen MR) is 235 cm³/mol. The minimum atomic E-state index is -0.899. The van der Waals surface area contributed by atoms with E-state index in [0.29, 0.717) is 52.6 Å². The van der Waals surface area contributed by atoms with Gasteiger partial charge in [0.15, 0.2) is 0 Å². The molecule has 62 heavy (non-hydrogen) atoms. The topological polar surface area (TPSA) is 171 Å². The molecule has 324 valence electrons. The van der Waals surface area contributed by atoms with Crippen LogP contribution < -0.4 is 30.5 Å². The van der Waals surface area contributed by atoms with E-state index in [1.165, 1.54) is 0 Å². The van der Waals surface area contributed by atoms with Crippen molar-refractivity contribution >= 4 is 40.7 Å². The van der Waals surface area contributed by atoms with Gasteiger partial charge in [-0.1, -0.05) is 27.7 Å². The van der Waals surface area contributed by atoms with E-state index in [2.05, 4.69) is 82.6 Å². The number of hydrogen-bond acceptors (Lipinski definition) is 11. The molecule has 5 heterocycles. The Labute approximate surface area is 362 Å². The van der Waals surface area contributed by atoms with Crippen LogP contribution in [0.4, 0.5) is 17.1 Å². The molecule has 4 amide bonds. The van der Waals surface area contributed by atoms with Crippen LogP contribution in [0.1, 0.15) is 96.9 Å². The molecule has 1 aliphatic carbocycles. The van der Waals surface area contributed by atoms with Crippen molar-refractivity contribution in [3.05, 3.63) is 94.7 Å². The second kappa shape index (κ2) is 16.1. The van der Waals surface area contributed by atoms with Crippen LogP contribution >= 0.6 is 0 Å². The van der Waals surface area contributed by atoms with Gasteiger partial charge in [0.2, 0.25) is 11.8 Å². The Morgan fingerprint density at radius 3 is 2.29 bits per heavy atom. The monoisotopic (exact) mass is 840 g/mol. The average molecular weight is 841 g/mol. The van der Waals surface area contributed by atoms with Crippen molar-refractivity contribution in [1.82, 2.24) is 20.4 Å².